The summed E-state index contributed by atoms with van der Waals surface area (Å²) in [6, 6.07) is 19.9. The van der Waals surface area contributed by atoms with Gasteiger partial charge in [0, 0.05) is 5.56 Å². The van der Waals surface area contributed by atoms with Crippen LogP contribution in [0.15, 0.2) is 72.8 Å². The van der Waals surface area contributed by atoms with Gasteiger partial charge in [-0.15, -0.1) is 0 Å². The lowest BCUT2D eigenvalue weighted by molar-refractivity contribution is 0.0474. The maximum atomic E-state index is 13.7. The molecule has 0 saturated carbocycles. The molecule has 0 aliphatic heterocycles. The number of halogens is 1. The van der Waals surface area contributed by atoms with Crippen molar-refractivity contribution < 1.29 is 28.2 Å². The molecular weight excluding hydrogens is 375 g/mol. The fourth-order valence-corrected chi connectivity index (χ4v) is 2.59. The second-order valence-corrected chi connectivity index (χ2v) is 6.15. The minimum Gasteiger partial charge on any atom is -0.494 e. The van der Waals surface area contributed by atoms with Crippen molar-refractivity contribution in [2.24, 2.45) is 0 Å². The smallest absolute Gasteiger partial charge is 0.338 e. The molecule has 0 aromatic heterocycles. The summed E-state index contributed by atoms with van der Waals surface area (Å²) in [5.74, 6) is -1.31. The molecule has 3 aromatic carbocycles. The van der Waals surface area contributed by atoms with Crippen molar-refractivity contribution in [2.75, 3.05) is 13.7 Å². The fourth-order valence-electron chi connectivity index (χ4n) is 2.59. The van der Waals surface area contributed by atoms with Crippen LogP contribution in [0.4, 0.5) is 4.39 Å². The van der Waals surface area contributed by atoms with Crippen LogP contribution in [0.2, 0.25) is 0 Å². The van der Waals surface area contributed by atoms with Gasteiger partial charge in [-0.3, -0.25) is 4.79 Å². The molecule has 0 unspecified atom stereocenters. The first-order chi connectivity index (χ1) is 14.1. The van der Waals surface area contributed by atoms with Crippen LogP contribution < -0.4 is 9.47 Å². The zero-order chi connectivity index (χ0) is 20.6. The van der Waals surface area contributed by atoms with Crippen molar-refractivity contribution in [3.8, 4) is 11.5 Å². The standard InChI is InChI=1S/C23H19FO5/c1-27-22-11-10-17(13-20(22)24)21(25)15-29-23(26)18-8-5-9-19(12-18)28-14-16-6-3-2-4-7-16/h2-13H,14-15H2,1H3. The van der Waals surface area contributed by atoms with Gasteiger partial charge in [0.05, 0.1) is 12.7 Å². The van der Waals surface area contributed by atoms with E-state index in [9.17, 15) is 14.0 Å². The monoisotopic (exact) mass is 394 g/mol. The molecule has 0 amide bonds. The number of esters is 1. The van der Waals surface area contributed by atoms with Gasteiger partial charge in [-0.1, -0.05) is 36.4 Å². The predicted molar refractivity (Wildman–Crippen MR) is 105 cm³/mol. The molecule has 0 N–H and O–H groups in total. The first-order valence-electron chi connectivity index (χ1n) is 8.87. The summed E-state index contributed by atoms with van der Waals surface area (Å²) >= 11 is 0. The lowest BCUT2D eigenvalue weighted by Crippen LogP contribution is -2.14. The average Bonchev–Trinajstić information content (AvgIpc) is 2.76. The predicted octanol–water partition coefficient (Wildman–Crippen LogP) is 4.45. The third kappa shape index (κ3) is 5.42. The number of hydrogen-bond acceptors (Lipinski definition) is 5. The Kier molecular flexibility index (Phi) is 6.58. The Bertz CT molecular complexity index is 1000. The Morgan fingerprint density at radius 1 is 0.897 bits per heavy atom. The van der Waals surface area contributed by atoms with Crippen molar-refractivity contribution in [3.05, 3.63) is 95.3 Å². The van der Waals surface area contributed by atoms with E-state index >= 15 is 0 Å². The van der Waals surface area contributed by atoms with Crippen molar-refractivity contribution in [1.82, 2.24) is 0 Å². The summed E-state index contributed by atoms with van der Waals surface area (Å²) < 4.78 is 29.3. The van der Waals surface area contributed by atoms with Gasteiger partial charge < -0.3 is 14.2 Å². The van der Waals surface area contributed by atoms with Gasteiger partial charge in [-0.05, 0) is 42.0 Å². The SMILES string of the molecule is COc1ccc(C(=O)COC(=O)c2cccc(OCc3ccccc3)c2)cc1F. The summed E-state index contributed by atoms with van der Waals surface area (Å²) in [4.78, 5) is 24.4. The number of carbonyl (C=O) groups is 2. The topological polar surface area (TPSA) is 61.8 Å². The molecule has 5 nitrogen and oxygen atoms in total. The number of benzene rings is 3. The molecule has 0 fully saturated rings. The van der Waals surface area contributed by atoms with Gasteiger partial charge in [-0.25, -0.2) is 9.18 Å². The van der Waals surface area contributed by atoms with Gasteiger partial charge in [0.25, 0.3) is 0 Å². The maximum absolute atomic E-state index is 13.7. The van der Waals surface area contributed by atoms with Crippen LogP contribution >= 0.6 is 0 Å². The Balaban J connectivity index is 1.57. The fraction of sp³-hybridized carbons (Fsp3) is 0.130. The van der Waals surface area contributed by atoms with Crippen LogP contribution in [0.25, 0.3) is 0 Å². The van der Waals surface area contributed by atoms with Crippen molar-refractivity contribution in [2.45, 2.75) is 6.61 Å². The molecular formula is C23H19FO5. The van der Waals surface area contributed by atoms with E-state index in [2.05, 4.69) is 0 Å². The van der Waals surface area contributed by atoms with E-state index in [1.165, 1.54) is 19.2 Å². The molecule has 0 aliphatic carbocycles. The van der Waals surface area contributed by atoms with E-state index < -0.39 is 24.2 Å². The lowest BCUT2D eigenvalue weighted by atomic mass is 10.1. The van der Waals surface area contributed by atoms with Crippen molar-refractivity contribution in [1.29, 1.82) is 0 Å². The molecule has 3 rings (SSSR count). The van der Waals surface area contributed by atoms with E-state index in [1.54, 1.807) is 24.3 Å². The number of hydrogen-bond donors (Lipinski definition) is 0. The van der Waals surface area contributed by atoms with Crippen molar-refractivity contribution in [3.63, 3.8) is 0 Å². The number of ether oxygens (including phenoxy) is 3. The minimum atomic E-state index is -0.669. The van der Waals surface area contributed by atoms with Crippen LogP contribution in [-0.4, -0.2) is 25.5 Å². The van der Waals surface area contributed by atoms with Gasteiger partial charge in [0.2, 0.25) is 0 Å². The van der Waals surface area contributed by atoms with Gasteiger partial charge in [-0.2, -0.15) is 0 Å². The van der Waals surface area contributed by atoms with Crippen LogP contribution in [0, 0.1) is 5.82 Å². The molecule has 148 valence electrons. The minimum absolute atomic E-state index is 0.0332. The van der Waals surface area contributed by atoms with Gasteiger partial charge in [0.15, 0.2) is 24.0 Å². The van der Waals surface area contributed by atoms with E-state index in [1.807, 2.05) is 30.3 Å². The van der Waals surface area contributed by atoms with Crippen molar-refractivity contribution >= 4 is 11.8 Å². The zero-order valence-electron chi connectivity index (χ0n) is 15.8. The number of rotatable bonds is 8. The highest BCUT2D eigenvalue weighted by Gasteiger charge is 2.14. The Labute approximate surface area is 167 Å². The zero-order valence-corrected chi connectivity index (χ0v) is 15.8. The summed E-state index contributed by atoms with van der Waals surface area (Å²) in [6.07, 6.45) is 0. The van der Waals surface area contributed by atoms with Gasteiger partial charge in [0.1, 0.15) is 12.4 Å². The molecule has 0 radical (unpaired) electrons. The maximum Gasteiger partial charge on any atom is 0.338 e. The molecule has 0 aliphatic rings. The second kappa shape index (κ2) is 9.50. The Morgan fingerprint density at radius 2 is 1.69 bits per heavy atom. The average molecular weight is 394 g/mol. The second-order valence-electron chi connectivity index (χ2n) is 6.15. The van der Waals surface area contributed by atoms with E-state index in [0.29, 0.717) is 12.4 Å². The summed E-state index contributed by atoms with van der Waals surface area (Å²) in [5.41, 5.74) is 1.35. The molecule has 0 spiro atoms. The largest absolute Gasteiger partial charge is 0.494 e. The van der Waals surface area contributed by atoms with E-state index in [4.69, 9.17) is 14.2 Å². The molecule has 0 saturated heterocycles. The number of Topliss-reactive ketones (excluding diaryl/α,β-unsaturated/α-hetero) is 1. The third-order valence-electron chi connectivity index (χ3n) is 4.13. The van der Waals surface area contributed by atoms with E-state index in [0.717, 1.165) is 11.6 Å². The quantitative estimate of drug-likeness (QED) is 0.417. The molecule has 3 aromatic rings. The molecule has 0 bridgehead atoms. The molecule has 0 heterocycles. The Morgan fingerprint density at radius 3 is 2.41 bits per heavy atom. The first kappa shape index (κ1) is 20.1. The highest BCUT2D eigenvalue weighted by Crippen LogP contribution is 2.19. The van der Waals surface area contributed by atoms with E-state index in [-0.39, 0.29) is 16.9 Å². The summed E-state index contributed by atoms with van der Waals surface area (Å²) in [6.45, 7) is -0.138. The van der Waals surface area contributed by atoms with Gasteiger partial charge >= 0.3 is 5.97 Å². The first-order valence-corrected chi connectivity index (χ1v) is 8.87. The third-order valence-corrected chi connectivity index (χ3v) is 4.13. The lowest BCUT2D eigenvalue weighted by Gasteiger charge is -2.09. The number of ketones is 1. The van der Waals surface area contributed by atoms with Crippen LogP contribution in [0.5, 0.6) is 11.5 Å². The van der Waals surface area contributed by atoms with Crippen LogP contribution in [-0.2, 0) is 11.3 Å². The molecule has 6 heteroatoms. The summed E-state index contributed by atoms with van der Waals surface area (Å²) in [7, 11) is 1.33. The molecule has 0 atom stereocenters. The number of carbonyl (C=O) groups excluding carboxylic acids is 2. The van der Waals surface area contributed by atoms with Crippen LogP contribution in [0.1, 0.15) is 26.3 Å². The number of methoxy groups -OCH3 is 1. The van der Waals surface area contributed by atoms with Crippen LogP contribution in [0.3, 0.4) is 0 Å². The summed E-state index contributed by atoms with van der Waals surface area (Å²) in [5, 5.41) is 0. The highest BCUT2D eigenvalue weighted by atomic mass is 19.1. The highest BCUT2D eigenvalue weighted by molar-refractivity contribution is 5.99. The molecule has 29 heavy (non-hydrogen) atoms. The Hall–Kier alpha value is -3.67. The normalized spacial score (nSPS) is 10.3.